The third-order valence-electron chi connectivity index (χ3n) is 4.95. The first-order valence-electron chi connectivity index (χ1n) is 8.04. The second-order valence-electron chi connectivity index (χ2n) is 6.34. The minimum Gasteiger partial charge on any atom is -0.379 e. The molecule has 3 aliphatic rings. The van der Waals surface area contributed by atoms with E-state index in [0.717, 1.165) is 39.5 Å². The van der Waals surface area contributed by atoms with Crippen LogP contribution < -0.4 is 5.32 Å². The highest BCUT2D eigenvalue weighted by atomic mass is 16.5. The molecule has 1 atom stereocenters. The van der Waals surface area contributed by atoms with Crippen LogP contribution in [0.1, 0.15) is 38.5 Å². The molecule has 2 aliphatic heterocycles. The zero-order chi connectivity index (χ0) is 13.0. The van der Waals surface area contributed by atoms with Crippen LogP contribution in [0.3, 0.4) is 0 Å². The largest absolute Gasteiger partial charge is 0.379 e. The van der Waals surface area contributed by atoms with Gasteiger partial charge in [-0.1, -0.05) is 0 Å². The SMILES string of the molecule is C(CNC1CCOC2(CCC2)C1)CN1CCOCC1. The Balaban J connectivity index is 1.29. The van der Waals surface area contributed by atoms with Crippen molar-refractivity contribution in [3.05, 3.63) is 0 Å². The van der Waals surface area contributed by atoms with Crippen LogP contribution in [0.25, 0.3) is 0 Å². The van der Waals surface area contributed by atoms with Gasteiger partial charge in [0.15, 0.2) is 0 Å². The second-order valence-corrected chi connectivity index (χ2v) is 6.34. The van der Waals surface area contributed by atoms with Crippen LogP contribution in [0.4, 0.5) is 0 Å². The van der Waals surface area contributed by atoms with Gasteiger partial charge in [-0.3, -0.25) is 4.90 Å². The van der Waals surface area contributed by atoms with Gasteiger partial charge in [0, 0.05) is 25.7 Å². The molecule has 110 valence electrons. The van der Waals surface area contributed by atoms with Crippen LogP contribution in [-0.4, -0.2) is 62.5 Å². The fourth-order valence-corrected chi connectivity index (χ4v) is 3.56. The minimum atomic E-state index is 0.278. The molecule has 2 saturated heterocycles. The van der Waals surface area contributed by atoms with Crippen molar-refractivity contribution >= 4 is 0 Å². The molecular weight excluding hydrogens is 240 g/mol. The third-order valence-corrected chi connectivity index (χ3v) is 4.95. The highest BCUT2D eigenvalue weighted by Crippen LogP contribution is 2.42. The standard InChI is InChI=1S/C15H28N2O2/c1-4-15(5-1)13-14(3-10-19-15)16-6-2-7-17-8-11-18-12-9-17/h14,16H,1-13H2. The molecule has 19 heavy (non-hydrogen) atoms. The van der Waals surface area contributed by atoms with E-state index in [9.17, 15) is 0 Å². The molecule has 4 heteroatoms. The van der Waals surface area contributed by atoms with E-state index < -0.39 is 0 Å². The molecule has 1 aliphatic carbocycles. The molecular formula is C15H28N2O2. The van der Waals surface area contributed by atoms with E-state index in [2.05, 4.69) is 10.2 Å². The summed E-state index contributed by atoms with van der Waals surface area (Å²) in [7, 11) is 0. The third kappa shape index (κ3) is 3.69. The van der Waals surface area contributed by atoms with Gasteiger partial charge in [0.05, 0.1) is 18.8 Å². The first-order valence-corrected chi connectivity index (χ1v) is 8.04. The van der Waals surface area contributed by atoms with E-state index in [-0.39, 0.29) is 5.60 Å². The molecule has 0 amide bonds. The van der Waals surface area contributed by atoms with E-state index in [0.29, 0.717) is 6.04 Å². The predicted molar refractivity (Wildman–Crippen MR) is 75.4 cm³/mol. The average molecular weight is 268 g/mol. The lowest BCUT2D eigenvalue weighted by Crippen LogP contribution is -2.51. The van der Waals surface area contributed by atoms with Gasteiger partial charge in [0.2, 0.25) is 0 Å². The zero-order valence-corrected chi connectivity index (χ0v) is 12.0. The van der Waals surface area contributed by atoms with Crippen molar-refractivity contribution < 1.29 is 9.47 Å². The summed E-state index contributed by atoms with van der Waals surface area (Å²) in [5.41, 5.74) is 0.278. The van der Waals surface area contributed by atoms with Gasteiger partial charge in [-0.05, 0) is 51.6 Å². The Kier molecular flexibility index (Phi) is 4.74. The lowest BCUT2D eigenvalue weighted by molar-refractivity contribution is -0.135. The summed E-state index contributed by atoms with van der Waals surface area (Å²) in [4.78, 5) is 2.52. The molecule has 0 aromatic carbocycles. The van der Waals surface area contributed by atoms with Gasteiger partial charge in [0.1, 0.15) is 0 Å². The number of nitrogens with zero attached hydrogens (tertiary/aromatic N) is 1. The van der Waals surface area contributed by atoms with Crippen LogP contribution in [0, 0.1) is 0 Å². The molecule has 1 spiro atoms. The molecule has 3 fully saturated rings. The Morgan fingerprint density at radius 2 is 2.00 bits per heavy atom. The second kappa shape index (κ2) is 6.53. The average Bonchev–Trinajstić information content (AvgIpc) is 2.43. The molecule has 3 rings (SSSR count). The van der Waals surface area contributed by atoms with E-state index in [1.54, 1.807) is 0 Å². The summed E-state index contributed by atoms with van der Waals surface area (Å²) in [6.07, 6.45) is 7.63. The van der Waals surface area contributed by atoms with Crippen molar-refractivity contribution in [2.45, 2.75) is 50.2 Å². The summed E-state index contributed by atoms with van der Waals surface area (Å²) in [5, 5.41) is 3.75. The lowest BCUT2D eigenvalue weighted by atomic mass is 9.74. The Bertz CT molecular complexity index is 275. The van der Waals surface area contributed by atoms with Crippen molar-refractivity contribution in [2.75, 3.05) is 46.0 Å². The molecule has 4 nitrogen and oxygen atoms in total. The molecule has 2 heterocycles. The van der Waals surface area contributed by atoms with Crippen molar-refractivity contribution in [1.29, 1.82) is 0 Å². The molecule has 1 saturated carbocycles. The van der Waals surface area contributed by atoms with Crippen LogP contribution in [0.5, 0.6) is 0 Å². The quantitative estimate of drug-likeness (QED) is 0.764. The Morgan fingerprint density at radius 1 is 1.16 bits per heavy atom. The predicted octanol–water partition coefficient (Wildman–Crippen LogP) is 1.40. The maximum atomic E-state index is 5.97. The first kappa shape index (κ1) is 13.8. The maximum absolute atomic E-state index is 5.97. The van der Waals surface area contributed by atoms with E-state index in [4.69, 9.17) is 9.47 Å². The molecule has 0 bridgehead atoms. The molecule has 0 aromatic heterocycles. The monoisotopic (exact) mass is 268 g/mol. The Hall–Kier alpha value is -0.160. The number of nitrogens with one attached hydrogen (secondary N) is 1. The van der Waals surface area contributed by atoms with Crippen molar-refractivity contribution in [3.8, 4) is 0 Å². The van der Waals surface area contributed by atoms with Crippen LogP contribution >= 0.6 is 0 Å². The van der Waals surface area contributed by atoms with Gasteiger partial charge >= 0.3 is 0 Å². The van der Waals surface area contributed by atoms with Gasteiger partial charge in [0.25, 0.3) is 0 Å². The lowest BCUT2D eigenvalue weighted by Gasteiger charge is -2.47. The fraction of sp³-hybridized carbons (Fsp3) is 1.00. The smallest absolute Gasteiger partial charge is 0.0697 e. The van der Waals surface area contributed by atoms with Crippen LogP contribution in [-0.2, 0) is 9.47 Å². The Morgan fingerprint density at radius 3 is 2.74 bits per heavy atom. The van der Waals surface area contributed by atoms with E-state index in [1.165, 1.54) is 45.1 Å². The number of morpholine rings is 1. The number of rotatable bonds is 5. The Labute approximate surface area is 116 Å². The fourth-order valence-electron chi connectivity index (χ4n) is 3.56. The highest BCUT2D eigenvalue weighted by Gasteiger charge is 2.42. The van der Waals surface area contributed by atoms with Crippen molar-refractivity contribution in [3.63, 3.8) is 0 Å². The van der Waals surface area contributed by atoms with Crippen molar-refractivity contribution in [1.82, 2.24) is 10.2 Å². The topological polar surface area (TPSA) is 33.7 Å². The molecule has 1 unspecified atom stereocenters. The van der Waals surface area contributed by atoms with Gasteiger partial charge in [-0.25, -0.2) is 0 Å². The summed E-state index contributed by atoms with van der Waals surface area (Å²) in [6, 6.07) is 0.693. The first-order chi connectivity index (χ1) is 9.36. The summed E-state index contributed by atoms with van der Waals surface area (Å²) in [6.45, 7) is 7.37. The van der Waals surface area contributed by atoms with E-state index in [1.807, 2.05) is 0 Å². The van der Waals surface area contributed by atoms with E-state index >= 15 is 0 Å². The normalized spacial score (nSPS) is 31.3. The highest BCUT2D eigenvalue weighted by molar-refractivity contribution is 4.95. The van der Waals surface area contributed by atoms with Crippen LogP contribution in [0.2, 0.25) is 0 Å². The minimum absolute atomic E-state index is 0.278. The van der Waals surface area contributed by atoms with Gasteiger partial charge < -0.3 is 14.8 Å². The molecule has 0 radical (unpaired) electrons. The van der Waals surface area contributed by atoms with Crippen molar-refractivity contribution in [2.24, 2.45) is 0 Å². The maximum Gasteiger partial charge on any atom is 0.0697 e. The number of ether oxygens (including phenoxy) is 2. The summed E-state index contributed by atoms with van der Waals surface area (Å²) < 4.78 is 11.3. The number of hydrogen-bond acceptors (Lipinski definition) is 4. The summed E-state index contributed by atoms with van der Waals surface area (Å²) >= 11 is 0. The summed E-state index contributed by atoms with van der Waals surface area (Å²) in [5.74, 6) is 0. The zero-order valence-electron chi connectivity index (χ0n) is 12.0. The van der Waals surface area contributed by atoms with Crippen LogP contribution in [0.15, 0.2) is 0 Å². The molecule has 1 N–H and O–H groups in total. The molecule has 0 aromatic rings. The van der Waals surface area contributed by atoms with Gasteiger partial charge in [-0.2, -0.15) is 0 Å². The number of hydrogen-bond donors (Lipinski definition) is 1. The van der Waals surface area contributed by atoms with Gasteiger partial charge in [-0.15, -0.1) is 0 Å².